The van der Waals surface area contributed by atoms with Crippen LogP contribution in [0.4, 0.5) is 10.5 Å². The van der Waals surface area contributed by atoms with Gasteiger partial charge in [0.1, 0.15) is 0 Å². The summed E-state index contributed by atoms with van der Waals surface area (Å²) in [5, 5.41) is 3.16. The molecule has 3 rings (SSSR count). The summed E-state index contributed by atoms with van der Waals surface area (Å²) < 4.78 is 10.2. The lowest BCUT2D eigenvalue weighted by molar-refractivity contribution is -0.147. The third-order valence-corrected chi connectivity index (χ3v) is 4.93. The summed E-state index contributed by atoms with van der Waals surface area (Å²) in [5.41, 5.74) is 6.21. The van der Waals surface area contributed by atoms with Gasteiger partial charge in [0, 0.05) is 17.1 Å². The number of hydrogen-bond donors (Lipinski definition) is 2. The Labute approximate surface area is 155 Å². The average Bonchev–Trinajstić information content (AvgIpc) is 2.61. The Hall–Kier alpha value is -2.32. The van der Waals surface area contributed by atoms with Crippen LogP contribution in [0, 0.1) is 0 Å². The Morgan fingerprint density at radius 3 is 3.00 bits per heavy atom. The van der Waals surface area contributed by atoms with Gasteiger partial charge in [-0.1, -0.05) is 11.6 Å². The summed E-state index contributed by atoms with van der Waals surface area (Å²) in [7, 11) is 1.24. The number of methoxy groups -OCH3 is 1. The number of benzene rings is 1. The molecule has 3 N–H and O–H groups in total. The maximum Gasteiger partial charge on any atom is 0.412 e. The molecule has 140 valence electrons. The molecule has 2 heterocycles. The van der Waals surface area contributed by atoms with Gasteiger partial charge in [-0.05, 0) is 31.0 Å². The molecule has 1 fully saturated rings. The van der Waals surface area contributed by atoms with Crippen LogP contribution >= 0.6 is 11.6 Å². The van der Waals surface area contributed by atoms with Gasteiger partial charge in [0.2, 0.25) is 5.91 Å². The number of anilines is 1. The Kier molecular flexibility index (Phi) is 5.06. The van der Waals surface area contributed by atoms with E-state index in [2.05, 4.69) is 10.1 Å². The van der Waals surface area contributed by atoms with Crippen LogP contribution in [-0.4, -0.2) is 49.1 Å². The van der Waals surface area contributed by atoms with E-state index in [0.29, 0.717) is 30.1 Å². The standard InChI is InChI=1S/C17H20ClN3O5/c1-25-14(22)8-12(19)15(23)21-6-2-5-17(9-21)11-7-10(18)3-4-13(11)20-16(24)26-17/h3-4,7,12H,2,5-6,8-9,19H2,1H3,(H,20,24)/t12?,17-/m0/s1. The van der Waals surface area contributed by atoms with Crippen LogP contribution in [0.2, 0.25) is 5.02 Å². The van der Waals surface area contributed by atoms with Gasteiger partial charge in [-0.25, -0.2) is 4.79 Å². The minimum atomic E-state index is -1.01. The molecular weight excluding hydrogens is 362 g/mol. The first-order valence-electron chi connectivity index (χ1n) is 8.26. The van der Waals surface area contributed by atoms with Gasteiger partial charge in [-0.3, -0.25) is 14.9 Å². The van der Waals surface area contributed by atoms with Crippen LogP contribution in [0.15, 0.2) is 18.2 Å². The summed E-state index contributed by atoms with van der Waals surface area (Å²) in [5.74, 6) is -0.935. The predicted octanol–water partition coefficient (Wildman–Crippen LogP) is 1.61. The number of nitrogens with one attached hydrogen (secondary N) is 1. The van der Waals surface area contributed by atoms with Crippen molar-refractivity contribution < 1.29 is 23.9 Å². The highest BCUT2D eigenvalue weighted by Crippen LogP contribution is 2.43. The fraction of sp³-hybridized carbons (Fsp3) is 0.471. The highest BCUT2D eigenvalue weighted by Gasteiger charge is 2.46. The number of carbonyl (C=O) groups excluding carboxylic acids is 3. The van der Waals surface area contributed by atoms with Crippen molar-refractivity contribution in [2.24, 2.45) is 5.73 Å². The van der Waals surface area contributed by atoms with E-state index >= 15 is 0 Å². The lowest BCUT2D eigenvalue weighted by Crippen LogP contribution is -2.56. The van der Waals surface area contributed by atoms with Crippen molar-refractivity contribution in [2.75, 3.05) is 25.5 Å². The first-order valence-corrected chi connectivity index (χ1v) is 8.63. The molecule has 2 atom stereocenters. The second kappa shape index (κ2) is 7.13. The Balaban J connectivity index is 1.86. The molecule has 0 bridgehead atoms. The summed E-state index contributed by atoms with van der Waals surface area (Å²) in [6, 6.07) is 4.12. The van der Waals surface area contributed by atoms with Crippen LogP contribution in [0.1, 0.15) is 24.8 Å². The number of piperidine rings is 1. The number of ether oxygens (including phenoxy) is 2. The van der Waals surface area contributed by atoms with Crippen molar-refractivity contribution in [1.29, 1.82) is 0 Å². The molecule has 0 aliphatic carbocycles. The van der Waals surface area contributed by atoms with Crippen molar-refractivity contribution in [3.8, 4) is 0 Å². The third kappa shape index (κ3) is 3.47. The number of fused-ring (bicyclic) bond motifs is 2. The second-order valence-corrected chi connectivity index (χ2v) is 6.89. The SMILES string of the molecule is COC(=O)CC(N)C(=O)N1CCC[C@@]2(C1)OC(=O)Nc1ccc(Cl)cc12. The first-order chi connectivity index (χ1) is 12.3. The average molecular weight is 382 g/mol. The molecule has 26 heavy (non-hydrogen) atoms. The predicted molar refractivity (Wildman–Crippen MR) is 93.7 cm³/mol. The Morgan fingerprint density at radius 2 is 2.27 bits per heavy atom. The first kappa shape index (κ1) is 18.5. The maximum absolute atomic E-state index is 12.6. The zero-order valence-corrected chi connectivity index (χ0v) is 15.0. The monoisotopic (exact) mass is 381 g/mol. The lowest BCUT2D eigenvalue weighted by atomic mass is 9.83. The molecule has 1 spiro atoms. The van der Waals surface area contributed by atoms with E-state index in [4.69, 9.17) is 22.1 Å². The van der Waals surface area contributed by atoms with E-state index in [9.17, 15) is 14.4 Å². The number of halogens is 1. The maximum atomic E-state index is 12.6. The van der Waals surface area contributed by atoms with Crippen molar-refractivity contribution >= 4 is 35.3 Å². The molecule has 1 aromatic carbocycles. The molecule has 8 nitrogen and oxygen atoms in total. The molecule has 1 unspecified atom stereocenters. The quantitative estimate of drug-likeness (QED) is 0.769. The van der Waals surface area contributed by atoms with Gasteiger partial charge in [0.25, 0.3) is 0 Å². The molecule has 1 aromatic rings. The molecule has 0 aromatic heterocycles. The van der Waals surface area contributed by atoms with Crippen molar-refractivity contribution in [3.63, 3.8) is 0 Å². The molecule has 0 radical (unpaired) electrons. The minimum Gasteiger partial charge on any atom is -0.469 e. The second-order valence-electron chi connectivity index (χ2n) is 6.45. The number of likely N-dealkylation sites (tertiary alicyclic amines) is 1. The molecule has 0 saturated carbocycles. The van der Waals surface area contributed by atoms with Crippen LogP contribution in [-0.2, 0) is 24.7 Å². The van der Waals surface area contributed by atoms with Crippen LogP contribution in [0.25, 0.3) is 0 Å². The van der Waals surface area contributed by atoms with E-state index in [1.165, 1.54) is 12.0 Å². The number of esters is 1. The van der Waals surface area contributed by atoms with Crippen molar-refractivity contribution in [1.82, 2.24) is 4.90 Å². The molecule has 9 heteroatoms. The molecule has 1 saturated heterocycles. The van der Waals surface area contributed by atoms with E-state index < -0.39 is 23.7 Å². The van der Waals surface area contributed by atoms with Gasteiger partial charge in [-0.15, -0.1) is 0 Å². The van der Waals surface area contributed by atoms with E-state index in [-0.39, 0.29) is 18.9 Å². The Bertz CT molecular complexity index is 756. The van der Waals surface area contributed by atoms with Gasteiger partial charge >= 0.3 is 12.1 Å². The lowest BCUT2D eigenvalue weighted by Gasteiger charge is -2.45. The van der Waals surface area contributed by atoms with E-state index in [1.54, 1.807) is 18.2 Å². The number of rotatable bonds is 3. The molecule has 2 aliphatic heterocycles. The highest BCUT2D eigenvalue weighted by atomic mass is 35.5. The number of nitrogens with zero attached hydrogens (tertiary/aromatic N) is 1. The zero-order valence-electron chi connectivity index (χ0n) is 14.3. The van der Waals surface area contributed by atoms with Gasteiger partial charge in [0.15, 0.2) is 5.60 Å². The van der Waals surface area contributed by atoms with Crippen LogP contribution in [0.3, 0.4) is 0 Å². The highest BCUT2D eigenvalue weighted by molar-refractivity contribution is 6.30. The largest absolute Gasteiger partial charge is 0.469 e. The summed E-state index contributed by atoms with van der Waals surface area (Å²) in [6.45, 7) is 0.623. The zero-order chi connectivity index (χ0) is 18.9. The molecule has 2 amide bonds. The number of amides is 2. The number of hydrogen-bond acceptors (Lipinski definition) is 6. The van der Waals surface area contributed by atoms with Gasteiger partial charge in [-0.2, -0.15) is 0 Å². The van der Waals surface area contributed by atoms with Crippen molar-refractivity contribution in [2.45, 2.75) is 30.9 Å². The molecular formula is C17H20ClN3O5. The van der Waals surface area contributed by atoms with E-state index in [1.807, 2.05) is 0 Å². The number of carbonyl (C=O) groups is 3. The topological polar surface area (TPSA) is 111 Å². The van der Waals surface area contributed by atoms with Crippen LogP contribution < -0.4 is 11.1 Å². The minimum absolute atomic E-state index is 0.154. The summed E-state index contributed by atoms with van der Waals surface area (Å²) in [4.78, 5) is 37.6. The normalized spacial score (nSPS) is 22.9. The van der Waals surface area contributed by atoms with Gasteiger partial charge < -0.3 is 20.1 Å². The van der Waals surface area contributed by atoms with Crippen molar-refractivity contribution in [3.05, 3.63) is 28.8 Å². The third-order valence-electron chi connectivity index (χ3n) is 4.70. The van der Waals surface area contributed by atoms with Gasteiger partial charge in [0.05, 0.1) is 31.8 Å². The van der Waals surface area contributed by atoms with Crippen LogP contribution in [0.5, 0.6) is 0 Å². The summed E-state index contributed by atoms with van der Waals surface area (Å²) >= 11 is 6.12. The Morgan fingerprint density at radius 1 is 1.50 bits per heavy atom. The summed E-state index contributed by atoms with van der Waals surface area (Å²) in [6.07, 6.45) is 0.399. The molecule has 2 aliphatic rings. The fourth-order valence-electron chi connectivity index (χ4n) is 3.47. The van der Waals surface area contributed by atoms with E-state index in [0.717, 1.165) is 5.56 Å². The number of nitrogens with two attached hydrogens (primary N) is 1. The fourth-order valence-corrected chi connectivity index (χ4v) is 3.64. The smallest absolute Gasteiger partial charge is 0.412 e.